The van der Waals surface area contributed by atoms with E-state index in [1.165, 1.54) is 0 Å². The van der Waals surface area contributed by atoms with Crippen LogP contribution in [0.1, 0.15) is 15.9 Å². The van der Waals surface area contributed by atoms with Crippen LogP contribution in [0.3, 0.4) is 0 Å². The summed E-state index contributed by atoms with van der Waals surface area (Å²) in [6.45, 7) is 0.608. The van der Waals surface area contributed by atoms with Crippen molar-refractivity contribution < 1.29 is 14.3 Å². The highest BCUT2D eigenvalue weighted by Gasteiger charge is 2.31. The number of methoxy groups -OCH3 is 2. The van der Waals surface area contributed by atoms with E-state index in [1.54, 1.807) is 38.5 Å². The summed E-state index contributed by atoms with van der Waals surface area (Å²) in [7, 11) is 7.27. The largest absolute Gasteiger partial charge is 0.493 e. The van der Waals surface area contributed by atoms with E-state index in [-0.39, 0.29) is 11.9 Å². The van der Waals surface area contributed by atoms with E-state index >= 15 is 0 Å². The van der Waals surface area contributed by atoms with E-state index < -0.39 is 0 Å². The number of hydrogen-bond acceptors (Lipinski definition) is 4. The fourth-order valence-corrected chi connectivity index (χ4v) is 3.37. The molecule has 2 aromatic rings. The third-order valence-corrected chi connectivity index (χ3v) is 5.04. The van der Waals surface area contributed by atoms with E-state index in [4.69, 9.17) is 21.1 Å². The van der Waals surface area contributed by atoms with Crippen LogP contribution < -0.4 is 14.4 Å². The zero-order chi connectivity index (χ0) is 18.8. The third-order valence-electron chi connectivity index (χ3n) is 4.79. The van der Waals surface area contributed by atoms with Crippen molar-refractivity contribution in [2.75, 3.05) is 39.8 Å². The summed E-state index contributed by atoms with van der Waals surface area (Å²) in [4.78, 5) is 17.1. The average molecular weight is 375 g/mol. The highest BCUT2D eigenvalue weighted by atomic mass is 35.5. The molecule has 2 aromatic carbocycles. The SMILES string of the molecule is COc1cc2c(cc1OC)N(C(=O)c1ccc(Cl)cc1)CC(N(C)C)C2. The molecule has 1 aliphatic heterocycles. The topological polar surface area (TPSA) is 42.0 Å². The molecule has 1 amide bonds. The van der Waals surface area contributed by atoms with Crippen molar-refractivity contribution in [3.63, 3.8) is 0 Å². The van der Waals surface area contributed by atoms with Crippen LogP contribution in [0.25, 0.3) is 0 Å². The Balaban J connectivity index is 2.06. The molecular weight excluding hydrogens is 352 g/mol. The fraction of sp³-hybridized carbons (Fsp3) is 0.350. The van der Waals surface area contributed by atoms with Gasteiger partial charge in [0.15, 0.2) is 11.5 Å². The Morgan fingerprint density at radius 2 is 1.73 bits per heavy atom. The molecule has 6 heteroatoms. The average Bonchev–Trinajstić information content (AvgIpc) is 2.65. The smallest absolute Gasteiger partial charge is 0.258 e. The molecule has 1 aliphatic rings. The third kappa shape index (κ3) is 3.50. The van der Waals surface area contributed by atoms with Crippen molar-refractivity contribution >= 4 is 23.2 Å². The molecule has 0 aromatic heterocycles. The highest BCUT2D eigenvalue weighted by molar-refractivity contribution is 6.30. The van der Waals surface area contributed by atoms with Crippen molar-refractivity contribution in [2.45, 2.75) is 12.5 Å². The first kappa shape index (κ1) is 18.5. The normalized spacial score (nSPS) is 16.4. The van der Waals surface area contributed by atoms with Gasteiger partial charge in [0, 0.05) is 29.2 Å². The lowest BCUT2D eigenvalue weighted by atomic mass is 9.95. The number of anilines is 1. The Bertz CT molecular complexity index is 805. The van der Waals surface area contributed by atoms with E-state index in [1.807, 2.05) is 31.1 Å². The molecule has 0 fully saturated rings. The lowest BCUT2D eigenvalue weighted by molar-refractivity contribution is 0.0976. The van der Waals surface area contributed by atoms with Crippen LogP contribution in [-0.2, 0) is 6.42 Å². The van der Waals surface area contributed by atoms with E-state index in [2.05, 4.69) is 4.90 Å². The quantitative estimate of drug-likeness (QED) is 0.821. The summed E-state index contributed by atoms with van der Waals surface area (Å²) in [5.74, 6) is 1.23. The summed E-state index contributed by atoms with van der Waals surface area (Å²) < 4.78 is 10.9. The molecule has 0 spiro atoms. The van der Waals surface area contributed by atoms with Crippen LogP contribution in [0.5, 0.6) is 11.5 Å². The summed E-state index contributed by atoms with van der Waals surface area (Å²) in [5.41, 5.74) is 2.53. The molecule has 0 radical (unpaired) electrons. The number of ether oxygens (including phenoxy) is 2. The monoisotopic (exact) mass is 374 g/mol. The van der Waals surface area contributed by atoms with Crippen LogP contribution in [0.2, 0.25) is 5.02 Å². The first-order valence-corrected chi connectivity index (χ1v) is 8.81. The van der Waals surface area contributed by atoms with Crippen molar-refractivity contribution in [2.24, 2.45) is 0 Å². The van der Waals surface area contributed by atoms with Gasteiger partial charge < -0.3 is 19.3 Å². The van der Waals surface area contributed by atoms with E-state index in [0.717, 1.165) is 17.7 Å². The van der Waals surface area contributed by atoms with E-state index in [0.29, 0.717) is 28.6 Å². The Labute approximate surface area is 159 Å². The lowest BCUT2D eigenvalue weighted by Crippen LogP contribution is -2.48. The summed E-state index contributed by atoms with van der Waals surface area (Å²) in [6.07, 6.45) is 0.840. The second-order valence-electron chi connectivity index (χ2n) is 6.58. The Kier molecular flexibility index (Phi) is 5.39. The highest BCUT2D eigenvalue weighted by Crippen LogP contribution is 2.39. The van der Waals surface area contributed by atoms with Crippen LogP contribution >= 0.6 is 11.6 Å². The van der Waals surface area contributed by atoms with Gasteiger partial charge >= 0.3 is 0 Å². The van der Waals surface area contributed by atoms with Crippen molar-refractivity contribution in [3.05, 3.63) is 52.5 Å². The van der Waals surface area contributed by atoms with Crippen molar-refractivity contribution in [1.29, 1.82) is 0 Å². The van der Waals surface area contributed by atoms with Gasteiger partial charge in [-0.3, -0.25) is 4.79 Å². The number of carbonyl (C=O) groups is 1. The van der Waals surface area contributed by atoms with Gasteiger partial charge in [0.25, 0.3) is 5.91 Å². The minimum atomic E-state index is -0.0540. The van der Waals surface area contributed by atoms with Gasteiger partial charge in [-0.2, -0.15) is 0 Å². The zero-order valence-corrected chi connectivity index (χ0v) is 16.2. The summed E-state index contributed by atoms with van der Waals surface area (Å²) in [6, 6.07) is 11.0. The van der Waals surface area contributed by atoms with Crippen molar-refractivity contribution in [1.82, 2.24) is 4.90 Å². The summed E-state index contributed by atoms with van der Waals surface area (Å²) in [5, 5.41) is 0.609. The number of likely N-dealkylation sites (N-methyl/N-ethyl adjacent to an activating group) is 1. The zero-order valence-electron chi connectivity index (χ0n) is 15.5. The molecule has 5 nitrogen and oxygen atoms in total. The lowest BCUT2D eigenvalue weighted by Gasteiger charge is -2.38. The molecule has 0 saturated carbocycles. The summed E-state index contributed by atoms with van der Waals surface area (Å²) >= 11 is 5.96. The van der Waals surface area contributed by atoms with Crippen molar-refractivity contribution in [3.8, 4) is 11.5 Å². The van der Waals surface area contributed by atoms with Gasteiger partial charge in [-0.25, -0.2) is 0 Å². The van der Waals surface area contributed by atoms with Gasteiger partial charge in [0.05, 0.1) is 19.9 Å². The second kappa shape index (κ2) is 7.56. The standard InChI is InChI=1S/C20H23ClN2O3/c1-22(2)16-9-14-10-18(25-3)19(26-4)11-17(14)23(12-16)20(24)13-5-7-15(21)8-6-13/h5-8,10-11,16H,9,12H2,1-4H3. The molecule has 138 valence electrons. The molecule has 1 unspecified atom stereocenters. The number of fused-ring (bicyclic) bond motifs is 1. The van der Waals surface area contributed by atoms with E-state index in [9.17, 15) is 4.79 Å². The van der Waals surface area contributed by atoms with Gasteiger partial charge in [-0.1, -0.05) is 11.6 Å². The Hall–Kier alpha value is -2.24. The van der Waals surface area contributed by atoms with Crippen LogP contribution in [0.4, 0.5) is 5.69 Å². The molecule has 0 aliphatic carbocycles. The Morgan fingerprint density at radius 3 is 2.31 bits per heavy atom. The molecule has 0 N–H and O–H groups in total. The minimum absolute atomic E-state index is 0.0540. The molecule has 3 rings (SSSR count). The molecule has 0 saturated heterocycles. The maximum absolute atomic E-state index is 13.2. The maximum Gasteiger partial charge on any atom is 0.258 e. The predicted octanol–water partition coefficient (Wildman–Crippen LogP) is 3.49. The number of benzene rings is 2. The molecule has 1 atom stereocenters. The molecule has 1 heterocycles. The van der Waals surface area contributed by atoms with Gasteiger partial charge in [0.2, 0.25) is 0 Å². The van der Waals surface area contributed by atoms with Gasteiger partial charge in [-0.15, -0.1) is 0 Å². The molecular formula is C20H23ClN2O3. The first-order valence-electron chi connectivity index (χ1n) is 8.43. The number of carbonyl (C=O) groups excluding carboxylic acids is 1. The van der Waals surface area contributed by atoms with Gasteiger partial charge in [0.1, 0.15) is 0 Å². The van der Waals surface area contributed by atoms with Crippen LogP contribution in [0.15, 0.2) is 36.4 Å². The maximum atomic E-state index is 13.2. The number of nitrogens with zero attached hydrogens (tertiary/aromatic N) is 2. The van der Waals surface area contributed by atoms with Crippen LogP contribution in [-0.4, -0.2) is 51.7 Å². The predicted molar refractivity (Wildman–Crippen MR) is 104 cm³/mol. The fourth-order valence-electron chi connectivity index (χ4n) is 3.24. The Morgan fingerprint density at radius 1 is 1.12 bits per heavy atom. The number of hydrogen-bond donors (Lipinski definition) is 0. The molecule has 26 heavy (non-hydrogen) atoms. The first-order chi connectivity index (χ1) is 12.4. The number of amides is 1. The molecule has 0 bridgehead atoms. The van der Waals surface area contributed by atoms with Crippen LogP contribution in [0, 0.1) is 0 Å². The van der Waals surface area contributed by atoms with Gasteiger partial charge in [-0.05, 0) is 56.4 Å². The number of halogens is 1. The minimum Gasteiger partial charge on any atom is -0.493 e. The number of rotatable bonds is 4. The second-order valence-corrected chi connectivity index (χ2v) is 7.02.